The maximum absolute atomic E-state index is 13.5. The van der Waals surface area contributed by atoms with Crippen LogP contribution < -0.4 is 14.4 Å². The lowest BCUT2D eigenvalue weighted by Gasteiger charge is -2.31. The molecule has 0 aromatic carbocycles. The van der Waals surface area contributed by atoms with Crippen molar-refractivity contribution in [3.63, 3.8) is 0 Å². The van der Waals surface area contributed by atoms with Crippen LogP contribution in [0.15, 0.2) is 35.6 Å². The van der Waals surface area contributed by atoms with E-state index in [1.54, 1.807) is 9.80 Å². The van der Waals surface area contributed by atoms with E-state index >= 15 is 0 Å². The number of likely N-dealkylation sites (tertiary alicyclic amines) is 1. The number of oxazole rings is 1. The number of hydrogen-bond donors (Lipinski definition) is 0. The van der Waals surface area contributed by atoms with Gasteiger partial charge in [0.25, 0.3) is 5.91 Å². The number of aromatic nitrogens is 4. The summed E-state index contributed by atoms with van der Waals surface area (Å²) in [7, 11) is 1.15. The van der Waals surface area contributed by atoms with Gasteiger partial charge in [-0.3, -0.25) is 4.79 Å². The number of rotatable bonds is 5. The minimum absolute atomic E-state index is 0.159. The standard InChI is InChI=1S/C22H21F3N6O4/c1-33-20-16(22(23,24)25)6-13(7-27-20)30-5-3-17-15(10-30)19(29-11-28-17)35-14-2-4-31(9-14)21(32)18-8-26-12-34-18/h6-8,11-12,14H,2-5,9-10H2,1H3. The predicted molar refractivity (Wildman–Crippen MR) is 114 cm³/mol. The van der Waals surface area contributed by atoms with Gasteiger partial charge in [0, 0.05) is 25.9 Å². The van der Waals surface area contributed by atoms with Crippen molar-refractivity contribution in [2.24, 2.45) is 0 Å². The summed E-state index contributed by atoms with van der Waals surface area (Å²) in [5.41, 5.74) is 0.842. The summed E-state index contributed by atoms with van der Waals surface area (Å²) in [6.07, 6.45) is 1.53. The summed E-state index contributed by atoms with van der Waals surface area (Å²) >= 11 is 0. The molecule has 10 nitrogen and oxygen atoms in total. The van der Waals surface area contributed by atoms with Crippen molar-refractivity contribution < 1.29 is 31.9 Å². The molecule has 1 saturated heterocycles. The van der Waals surface area contributed by atoms with E-state index in [0.717, 1.165) is 18.9 Å². The van der Waals surface area contributed by atoms with E-state index in [9.17, 15) is 18.0 Å². The largest absolute Gasteiger partial charge is 0.481 e. The van der Waals surface area contributed by atoms with E-state index in [1.165, 1.54) is 25.1 Å². The van der Waals surface area contributed by atoms with E-state index in [4.69, 9.17) is 13.9 Å². The highest BCUT2D eigenvalue weighted by Gasteiger charge is 2.37. The number of halogens is 3. The normalized spacial score (nSPS) is 17.9. The number of anilines is 1. The van der Waals surface area contributed by atoms with Crippen molar-refractivity contribution >= 4 is 11.6 Å². The third kappa shape index (κ3) is 4.57. The fourth-order valence-corrected chi connectivity index (χ4v) is 4.26. The molecule has 0 N–H and O–H groups in total. The Hall–Kier alpha value is -3.90. The highest BCUT2D eigenvalue weighted by molar-refractivity contribution is 5.91. The lowest BCUT2D eigenvalue weighted by Crippen LogP contribution is -2.33. The Morgan fingerprint density at radius 1 is 1.17 bits per heavy atom. The molecule has 0 saturated carbocycles. The van der Waals surface area contributed by atoms with Gasteiger partial charge in [-0.1, -0.05) is 0 Å². The van der Waals surface area contributed by atoms with Gasteiger partial charge < -0.3 is 23.7 Å². The van der Waals surface area contributed by atoms with Crippen molar-refractivity contribution in [3.05, 3.63) is 53.8 Å². The Bertz CT molecular complexity index is 1220. The van der Waals surface area contributed by atoms with Crippen LogP contribution in [0, 0.1) is 0 Å². The Kier molecular flexibility index (Phi) is 5.91. The lowest BCUT2D eigenvalue weighted by atomic mass is 10.1. The number of fused-ring (bicyclic) bond motifs is 1. The Balaban J connectivity index is 1.33. The second-order valence-electron chi connectivity index (χ2n) is 8.17. The first kappa shape index (κ1) is 22.9. The van der Waals surface area contributed by atoms with E-state index in [1.807, 2.05) is 0 Å². The molecule has 3 aromatic rings. The van der Waals surface area contributed by atoms with Crippen molar-refractivity contribution in [2.75, 3.05) is 31.6 Å². The fourth-order valence-electron chi connectivity index (χ4n) is 4.26. The average Bonchev–Trinajstić information content (AvgIpc) is 3.55. The Morgan fingerprint density at radius 3 is 2.77 bits per heavy atom. The van der Waals surface area contributed by atoms with Crippen molar-refractivity contribution in [1.29, 1.82) is 0 Å². The first-order valence-corrected chi connectivity index (χ1v) is 10.9. The molecule has 1 atom stereocenters. The highest BCUT2D eigenvalue weighted by Crippen LogP contribution is 2.38. The number of ether oxygens (including phenoxy) is 2. The van der Waals surface area contributed by atoms with Crippen LogP contribution in [0.3, 0.4) is 0 Å². The van der Waals surface area contributed by atoms with Gasteiger partial charge in [-0.05, 0) is 6.07 Å². The molecule has 5 heterocycles. The summed E-state index contributed by atoms with van der Waals surface area (Å²) in [5, 5.41) is 0. The average molecular weight is 490 g/mol. The maximum atomic E-state index is 13.5. The number of carbonyl (C=O) groups is 1. The molecule has 0 radical (unpaired) electrons. The molecule has 0 bridgehead atoms. The molecule has 1 amide bonds. The molecule has 2 aliphatic rings. The van der Waals surface area contributed by atoms with E-state index < -0.39 is 17.6 Å². The van der Waals surface area contributed by atoms with Crippen LogP contribution in [0.2, 0.25) is 0 Å². The monoisotopic (exact) mass is 490 g/mol. The van der Waals surface area contributed by atoms with Gasteiger partial charge in [-0.2, -0.15) is 13.2 Å². The first-order valence-electron chi connectivity index (χ1n) is 10.9. The molecule has 2 aliphatic heterocycles. The first-order chi connectivity index (χ1) is 16.8. The molecule has 5 rings (SSSR count). The number of methoxy groups -OCH3 is 1. The minimum Gasteiger partial charge on any atom is -0.481 e. The van der Waals surface area contributed by atoms with Crippen LogP contribution in [0.1, 0.15) is 33.8 Å². The molecule has 1 fully saturated rings. The summed E-state index contributed by atoms with van der Waals surface area (Å²) in [6.45, 7) is 1.54. The second kappa shape index (κ2) is 9.04. The summed E-state index contributed by atoms with van der Waals surface area (Å²) in [4.78, 5) is 32.1. The molecular weight excluding hydrogens is 469 g/mol. The van der Waals surface area contributed by atoms with Crippen LogP contribution in [0.25, 0.3) is 0 Å². The Morgan fingerprint density at radius 2 is 2.03 bits per heavy atom. The molecular formula is C22H21F3N6O4. The number of amides is 1. The van der Waals surface area contributed by atoms with Gasteiger partial charge in [0.05, 0.1) is 49.5 Å². The van der Waals surface area contributed by atoms with Gasteiger partial charge in [0.15, 0.2) is 6.39 Å². The number of alkyl halides is 3. The summed E-state index contributed by atoms with van der Waals surface area (Å²) < 4.78 is 56.4. The van der Waals surface area contributed by atoms with Gasteiger partial charge in [0.1, 0.15) is 18.0 Å². The van der Waals surface area contributed by atoms with Gasteiger partial charge in [0.2, 0.25) is 17.5 Å². The van der Waals surface area contributed by atoms with Crippen molar-refractivity contribution in [2.45, 2.75) is 31.7 Å². The number of pyridine rings is 1. The van der Waals surface area contributed by atoms with Crippen LogP contribution in [0.4, 0.5) is 18.9 Å². The Labute approximate surface area is 197 Å². The zero-order chi connectivity index (χ0) is 24.6. The molecule has 184 valence electrons. The second-order valence-corrected chi connectivity index (χ2v) is 8.17. The fraction of sp³-hybridized carbons (Fsp3) is 0.409. The lowest BCUT2D eigenvalue weighted by molar-refractivity contribution is -0.139. The maximum Gasteiger partial charge on any atom is 0.421 e. The summed E-state index contributed by atoms with van der Waals surface area (Å²) in [5.74, 6) is -0.225. The van der Waals surface area contributed by atoms with E-state index in [0.29, 0.717) is 49.6 Å². The molecule has 1 unspecified atom stereocenters. The van der Waals surface area contributed by atoms with Crippen LogP contribution in [-0.2, 0) is 19.1 Å². The molecule has 0 spiro atoms. The minimum atomic E-state index is -4.60. The van der Waals surface area contributed by atoms with Crippen LogP contribution in [0.5, 0.6) is 11.8 Å². The van der Waals surface area contributed by atoms with Crippen molar-refractivity contribution in [3.8, 4) is 11.8 Å². The quantitative estimate of drug-likeness (QED) is 0.534. The smallest absolute Gasteiger partial charge is 0.421 e. The zero-order valence-electron chi connectivity index (χ0n) is 18.7. The van der Waals surface area contributed by atoms with E-state index in [-0.39, 0.29) is 24.3 Å². The van der Waals surface area contributed by atoms with E-state index in [2.05, 4.69) is 19.9 Å². The SMILES string of the molecule is COc1ncc(N2CCc3ncnc(OC4CCN(C(=O)c5cnco5)C4)c3C2)cc1C(F)(F)F. The topological polar surface area (TPSA) is 107 Å². The van der Waals surface area contributed by atoms with Gasteiger partial charge in [-0.15, -0.1) is 0 Å². The highest BCUT2D eigenvalue weighted by atomic mass is 19.4. The van der Waals surface area contributed by atoms with Gasteiger partial charge in [-0.25, -0.2) is 19.9 Å². The van der Waals surface area contributed by atoms with Crippen LogP contribution >= 0.6 is 0 Å². The predicted octanol–water partition coefficient (Wildman–Crippen LogP) is 2.74. The zero-order valence-corrected chi connectivity index (χ0v) is 18.7. The third-order valence-electron chi connectivity index (χ3n) is 6.02. The molecule has 0 aliphatic carbocycles. The van der Waals surface area contributed by atoms with Crippen molar-refractivity contribution in [1.82, 2.24) is 24.8 Å². The number of carbonyl (C=O) groups excluding carboxylic acids is 1. The molecule has 35 heavy (non-hydrogen) atoms. The number of hydrogen-bond acceptors (Lipinski definition) is 9. The van der Waals surface area contributed by atoms with Gasteiger partial charge >= 0.3 is 6.18 Å². The van der Waals surface area contributed by atoms with Crippen LogP contribution in [-0.4, -0.2) is 63.6 Å². The summed E-state index contributed by atoms with van der Waals surface area (Å²) in [6, 6.07) is 1.03. The molecule has 3 aromatic heterocycles. The molecule has 13 heteroatoms. The third-order valence-corrected chi connectivity index (χ3v) is 6.02. The number of nitrogens with zero attached hydrogens (tertiary/aromatic N) is 6.